The van der Waals surface area contributed by atoms with Crippen LogP contribution in [0.5, 0.6) is 5.75 Å². The maximum Gasteiger partial charge on any atom is 0.326 e. The fraction of sp³-hybridized carbons (Fsp3) is 0.333. The average Bonchev–Trinajstić information content (AvgIpc) is 2.73. The zero-order chi connectivity index (χ0) is 22.2. The minimum atomic E-state index is -1.16. The summed E-state index contributed by atoms with van der Waals surface area (Å²) in [5.74, 6) is -1.22. The molecule has 0 heterocycles. The lowest BCUT2D eigenvalue weighted by molar-refractivity contribution is -0.0115. The van der Waals surface area contributed by atoms with E-state index in [0.29, 0.717) is 29.4 Å². The van der Waals surface area contributed by atoms with Crippen LogP contribution in [-0.2, 0) is 0 Å². The quantitative estimate of drug-likeness (QED) is 0.638. The molecule has 31 heavy (non-hydrogen) atoms. The van der Waals surface area contributed by atoms with Gasteiger partial charge in [0.2, 0.25) is 0 Å². The Bertz CT molecular complexity index is 1030. The van der Waals surface area contributed by atoms with E-state index < -0.39 is 29.1 Å². The van der Waals surface area contributed by atoms with Gasteiger partial charge in [-0.3, -0.25) is 10.1 Å². The number of amides is 3. The normalized spacial score (nSPS) is 20.8. The monoisotopic (exact) mass is 426 g/mol. The Morgan fingerprint density at radius 2 is 1.77 bits per heavy atom. The molecule has 1 saturated carbocycles. The first-order valence-corrected chi connectivity index (χ1v) is 10.2. The molecule has 2 aromatic carbocycles. The third kappa shape index (κ3) is 4.17. The number of rotatable bonds is 5. The molecule has 0 aromatic heterocycles. The molecule has 0 spiro atoms. The van der Waals surface area contributed by atoms with Gasteiger partial charge in [0, 0.05) is 5.69 Å². The van der Waals surface area contributed by atoms with Crippen LogP contribution in [-0.4, -0.2) is 18.5 Å². The first-order valence-electron chi connectivity index (χ1n) is 10.2. The van der Waals surface area contributed by atoms with Crippen LogP contribution in [0.15, 0.2) is 54.1 Å². The lowest BCUT2D eigenvalue weighted by Gasteiger charge is -2.56. The zero-order valence-corrected chi connectivity index (χ0v) is 17.4. The van der Waals surface area contributed by atoms with Crippen molar-refractivity contribution < 1.29 is 23.1 Å². The number of anilines is 1. The number of nitrogens with one attached hydrogen (secondary N) is 2. The number of urea groups is 1. The molecule has 3 amide bonds. The molecule has 0 aliphatic heterocycles. The minimum Gasteiger partial charge on any atom is -0.489 e. The van der Waals surface area contributed by atoms with E-state index in [4.69, 9.17) is 4.74 Å². The molecule has 2 N–H and O–H groups in total. The Hall–Kier alpha value is -3.22. The molecular weight excluding hydrogens is 402 g/mol. The molecule has 3 aliphatic carbocycles. The van der Waals surface area contributed by atoms with E-state index in [9.17, 15) is 18.4 Å². The van der Waals surface area contributed by atoms with Crippen LogP contribution < -0.4 is 15.4 Å². The predicted octanol–water partition coefficient (Wildman–Crippen LogP) is 5.30. The second-order valence-corrected chi connectivity index (χ2v) is 8.64. The van der Waals surface area contributed by atoms with Gasteiger partial charge in [0.15, 0.2) is 0 Å². The molecular formula is C24H24F2N2O3. The average molecular weight is 426 g/mol. The van der Waals surface area contributed by atoms with Crippen molar-refractivity contribution in [3.63, 3.8) is 0 Å². The number of carbonyl (C=O) groups is 2. The fourth-order valence-electron chi connectivity index (χ4n) is 4.48. The SMILES string of the molecule is CC1(C)C2CC=C(COc3ccc(NC(=O)NC(=O)c4c(F)cccc4F)cc3)C1C2. The number of imide groups is 1. The van der Waals surface area contributed by atoms with Crippen molar-refractivity contribution in [2.75, 3.05) is 11.9 Å². The van der Waals surface area contributed by atoms with Crippen LogP contribution in [0.3, 0.4) is 0 Å². The molecule has 0 saturated heterocycles. The van der Waals surface area contributed by atoms with Crippen molar-refractivity contribution >= 4 is 17.6 Å². The molecule has 7 heteroatoms. The third-order valence-corrected chi connectivity index (χ3v) is 6.52. The summed E-state index contributed by atoms with van der Waals surface area (Å²) in [6, 6.07) is 8.82. The van der Waals surface area contributed by atoms with Gasteiger partial charge >= 0.3 is 6.03 Å². The van der Waals surface area contributed by atoms with Gasteiger partial charge < -0.3 is 10.1 Å². The van der Waals surface area contributed by atoms with E-state index in [2.05, 4.69) is 25.2 Å². The summed E-state index contributed by atoms with van der Waals surface area (Å²) >= 11 is 0. The van der Waals surface area contributed by atoms with E-state index >= 15 is 0 Å². The van der Waals surface area contributed by atoms with Crippen LogP contribution in [0.2, 0.25) is 0 Å². The molecule has 162 valence electrons. The van der Waals surface area contributed by atoms with E-state index in [0.717, 1.165) is 30.5 Å². The summed E-state index contributed by atoms with van der Waals surface area (Å²) < 4.78 is 33.2. The molecule has 2 atom stereocenters. The number of benzene rings is 2. The van der Waals surface area contributed by atoms with Crippen molar-refractivity contribution in [1.29, 1.82) is 0 Å². The van der Waals surface area contributed by atoms with Gasteiger partial charge in [0.05, 0.1) is 0 Å². The van der Waals surface area contributed by atoms with Crippen LogP contribution >= 0.6 is 0 Å². The van der Waals surface area contributed by atoms with Crippen LogP contribution in [0.4, 0.5) is 19.3 Å². The molecule has 2 bridgehead atoms. The van der Waals surface area contributed by atoms with E-state index in [1.54, 1.807) is 24.3 Å². The number of hydrogen-bond donors (Lipinski definition) is 2. The lowest BCUT2D eigenvalue weighted by atomic mass is 9.49. The van der Waals surface area contributed by atoms with Crippen LogP contribution in [0.1, 0.15) is 37.0 Å². The highest BCUT2D eigenvalue weighted by Gasteiger charge is 2.51. The van der Waals surface area contributed by atoms with E-state index in [-0.39, 0.29) is 0 Å². The molecule has 0 radical (unpaired) electrons. The number of halogens is 2. The summed E-state index contributed by atoms with van der Waals surface area (Å²) in [4.78, 5) is 24.0. The standard InChI is InChI=1S/C24H24F2N2O3/c1-24(2)15-7-6-14(18(24)12-15)13-31-17-10-8-16(9-11-17)27-23(30)28-22(29)21-19(25)4-3-5-20(21)26/h3-6,8-11,15,18H,7,12-13H2,1-2H3,(H2,27,28,29,30). The highest BCUT2D eigenvalue weighted by Crippen LogP contribution is 2.59. The topological polar surface area (TPSA) is 67.4 Å². The molecule has 1 fully saturated rings. The van der Waals surface area contributed by atoms with Crippen molar-refractivity contribution in [3.8, 4) is 5.75 Å². The molecule has 2 unspecified atom stereocenters. The Labute approximate surface area is 179 Å². The number of allylic oxidation sites excluding steroid dienone is 1. The van der Waals surface area contributed by atoms with Gasteiger partial charge in [-0.15, -0.1) is 0 Å². The first-order chi connectivity index (χ1) is 14.8. The molecule has 5 nitrogen and oxygen atoms in total. The number of hydrogen-bond acceptors (Lipinski definition) is 3. The van der Waals surface area contributed by atoms with Crippen molar-refractivity contribution in [2.45, 2.75) is 26.7 Å². The highest BCUT2D eigenvalue weighted by molar-refractivity contribution is 6.08. The van der Waals surface area contributed by atoms with Gasteiger partial charge in [-0.2, -0.15) is 0 Å². The van der Waals surface area contributed by atoms with Gasteiger partial charge in [0.1, 0.15) is 29.6 Å². The Morgan fingerprint density at radius 1 is 1.10 bits per heavy atom. The molecule has 5 rings (SSSR count). The Balaban J connectivity index is 1.30. The summed E-state index contributed by atoms with van der Waals surface area (Å²) in [5.41, 5.74) is 1.29. The first kappa shape index (κ1) is 21.0. The molecule has 3 aliphatic rings. The summed E-state index contributed by atoms with van der Waals surface area (Å²) in [7, 11) is 0. The van der Waals surface area contributed by atoms with E-state index in [1.165, 1.54) is 12.0 Å². The summed E-state index contributed by atoms with van der Waals surface area (Å²) in [5, 5.41) is 4.37. The van der Waals surface area contributed by atoms with Crippen molar-refractivity contribution in [3.05, 3.63) is 71.3 Å². The predicted molar refractivity (Wildman–Crippen MR) is 113 cm³/mol. The highest BCUT2D eigenvalue weighted by atomic mass is 19.1. The zero-order valence-electron chi connectivity index (χ0n) is 17.4. The third-order valence-electron chi connectivity index (χ3n) is 6.52. The smallest absolute Gasteiger partial charge is 0.326 e. The number of ether oxygens (including phenoxy) is 1. The van der Waals surface area contributed by atoms with Crippen molar-refractivity contribution in [1.82, 2.24) is 5.32 Å². The fourth-order valence-corrected chi connectivity index (χ4v) is 4.48. The maximum atomic E-state index is 13.6. The number of fused-ring (bicyclic) bond motifs is 1. The van der Waals surface area contributed by atoms with Crippen molar-refractivity contribution in [2.24, 2.45) is 17.3 Å². The van der Waals surface area contributed by atoms with Gasteiger partial charge in [-0.1, -0.05) is 26.0 Å². The van der Waals surface area contributed by atoms with Gasteiger partial charge in [-0.05, 0) is 72.1 Å². The van der Waals surface area contributed by atoms with E-state index in [1.807, 2.05) is 5.32 Å². The Morgan fingerprint density at radius 3 is 2.39 bits per heavy atom. The van der Waals surface area contributed by atoms with Crippen LogP contribution in [0, 0.1) is 28.9 Å². The van der Waals surface area contributed by atoms with Crippen LogP contribution in [0.25, 0.3) is 0 Å². The van der Waals surface area contributed by atoms with Gasteiger partial charge in [0.25, 0.3) is 5.91 Å². The Kier molecular flexibility index (Phi) is 5.52. The summed E-state index contributed by atoms with van der Waals surface area (Å²) in [6.45, 7) is 5.17. The summed E-state index contributed by atoms with van der Waals surface area (Å²) in [6.07, 6.45) is 4.63. The second-order valence-electron chi connectivity index (χ2n) is 8.64. The molecule has 2 aromatic rings. The maximum absolute atomic E-state index is 13.6. The van der Waals surface area contributed by atoms with Gasteiger partial charge in [-0.25, -0.2) is 13.6 Å². The lowest BCUT2D eigenvalue weighted by Crippen LogP contribution is -2.48. The largest absolute Gasteiger partial charge is 0.489 e. The minimum absolute atomic E-state index is 0.345. The number of carbonyl (C=O) groups excluding carboxylic acids is 2. The second kappa shape index (κ2) is 8.13.